The zero-order chi connectivity index (χ0) is 14.5. The lowest BCUT2D eigenvalue weighted by Crippen LogP contribution is -2.28. The van der Waals surface area contributed by atoms with Crippen LogP contribution in [-0.4, -0.2) is 19.0 Å². The van der Waals surface area contributed by atoms with E-state index in [0.717, 1.165) is 16.7 Å². The molecule has 1 amide bonds. The highest BCUT2D eigenvalue weighted by Crippen LogP contribution is 2.28. The van der Waals surface area contributed by atoms with Crippen molar-refractivity contribution in [3.05, 3.63) is 35.6 Å². The Hall–Kier alpha value is -1.81. The summed E-state index contributed by atoms with van der Waals surface area (Å²) in [6.07, 6.45) is 0.484. The van der Waals surface area contributed by atoms with E-state index in [2.05, 4.69) is 30.5 Å². The number of hydrogen-bond acceptors (Lipinski definition) is 3. The third-order valence-corrected chi connectivity index (χ3v) is 3.45. The van der Waals surface area contributed by atoms with Crippen molar-refractivity contribution >= 4 is 16.9 Å². The highest BCUT2D eigenvalue weighted by atomic mass is 16.3. The van der Waals surface area contributed by atoms with Crippen molar-refractivity contribution < 1.29 is 9.21 Å². The number of hydrogen-bond donors (Lipinski definition) is 2. The van der Waals surface area contributed by atoms with E-state index in [-0.39, 0.29) is 11.9 Å². The number of amides is 1. The van der Waals surface area contributed by atoms with E-state index in [1.54, 1.807) is 0 Å². The predicted molar refractivity (Wildman–Crippen MR) is 80.7 cm³/mol. The molecule has 2 rings (SSSR count). The molecule has 1 aromatic carbocycles. The first-order valence-electron chi connectivity index (χ1n) is 7.11. The number of benzene rings is 1. The van der Waals surface area contributed by atoms with Crippen molar-refractivity contribution in [3.8, 4) is 0 Å². The van der Waals surface area contributed by atoms with Crippen LogP contribution in [0.25, 0.3) is 11.0 Å². The van der Waals surface area contributed by atoms with Crippen LogP contribution >= 0.6 is 0 Å². The molecule has 0 bridgehead atoms. The lowest BCUT2D eigenvalue weighted by molar-refractivity contribution is -0.120. The van der Waals surface area contributed by atoms with Gasteiger partial charge in [0.25, 0.3) is 0 Å². The second-order valence-corrected chi connectivity index (χ2v) is 4.97. The summed E-state index contributed by atoms with van der Waals surface area (Å²) in [6, 6.07) is 8.13. The van der Waals surface area contributed by atoms with Crippen LogP contribution in [-0.2, 0) is 4.79 Å². The number of nitrogens with one attached hydrogen (secondary N) is 2. The molecule has 0 saturated carbocycles. The van der Waals surface area contributed by atoms with E-state index < -0.39 is 0 Å². The number of fused-ring (bicyclic) bond motifs is 1. The largest absolute Gasteiger partial charge is 0.459 e. The van der Waals surface area contributed by atoms with Crippen LogP contribution in [0.4, 0.5) is 0 Å². The summed E-state index contributed by atoms with van der Waals surface area (Å²) in [4.78, 5) is 11.4. The number of para-hydroxylation sites is 1. The predicted octanol–water partition coefficient (Wildman–Crippen LogP) is 2.92. The van der Waals surface area contributed by atoms with Gasteiger partial charge in [-0.05, 0) is 32.4 Å². The minimum absolute atomic E-state index is 0.0773. The fourth-order valence-corrected chi connectivity index (χ4v) is 2.39. The van der Waals surface area contributed by atoms with Crippen LogP contribution in [0.2, 0.25) is 0 Å². The second kappa shape index (κ2) is 6.57. The summed E-state index contributed by atoms with van der Waals surface area (Å²) in [6.45, 7) is 7.37. The molecule has 4 heteroatoms. The summed E-state index contributed by atoms with van der Waals surface area (Å²) in [7, 11) is 0. The SMILES string of the molecule is CCNC(=O)CCNC(C)c1oc2ccccc2c1C. The van der Waals surface area contributed by atoms with Crippen molar-refractivity contribution in [2.45, 2.75) is 33.2 Å². The Labute approximate surface area is 119 Å². The maximum atomic E-state index is 11.4. The van der Waals surface area contributed by atoms with Gasteiger partial charge in [0.15, 0.2) is 0 Å². The standard InChI is InChI=1S/C16H22N2O2/c1-4-17-15(19)9-10-18-12(3)16-11(2)13-7-5-6-8-14(13)20-16/h5-8,12,18H,4,9-10H2,1-3H3,(H,17,19). The molecule has 1 aromatic heterocycles. The Balaban J connectivity index is 1.99. The monoisotopic (exact) mass is 274 g/mol. The molecule has 1 atom stereocenters. The molecule has 2 N–H and O–H groups in total. The Morgan fingerprint density at radius 1 is 1.35 bits per heavy atom. The second-order valence-electron chi connectivity index (χ2n) is 4.97. The van der Waals surface area contributed by atoms with E-state index in [4.69, 9.17) is 4.42 Å². The number of carbonyl (C=O) groups excluding carboxylic acids is 1. The van der Waals surface area contributed by atoms with Crippen LogP contribution < -0.4 is 10.6 Å². The molecule has 0 radical (unpaired) electrons. The molecular formula is C16H22N2O2. The summed E-state index contributed by atoms with van der Waals surface area (Å²) >= 11 is 0. The summed E-state index contributed by atoms with van der Waals surface area (Å²) in [5.74, 6) is 1.02. The van der Waals surface area contributed by atoms with E-state index in [1.807, 2.05) is 25.1 Å². The van der Waals surface area contributed by atoms with Crippen molar-refractivity contribution in [3.63, 3.8) is 0 Å². The molecule has 0 aliphatic heterocycles. The number of aryl methyl sites for hydroxylation is 1. The maximum absolute atomic E-state index is 11.4. The quantitative estimate of drug-likeness (QED) is 0.851. The van der Waals surface area contributed by atoms with E-state index in [1.165, 1.54) is 5.56 Å². The minimum atomic E-state index is 0.0773. The lowest BCUT2D eigenvalue weighted by Gasteiger charge is -2.12. The molecule has 1 heterocycles. The first-order chi connectivity index (χ1) is 9.63. The van der Waals surface area contributed by atoms with Gasteiger partial charge in [-0.1, -0.05) is 18.2 Å². The van der Waals surface area contributed by atoms with Gasteiger partial charge in [0.1, 0.15) is 11.3 Å². The molecule has 4 nitrogen and oxygen atoms in total. The van der Waals surface area contributed by atoms with Crippen molar-refractivity contribution in [1.82, 2.24) is 10.6 Å². The molecule has 0 aliphatic carbocycles. The zero-order valence-electron chi connectivity index (χ0n) is 12.3. The summed E-state index contributed by atoms with van der Waals surface area (Å²) in [5, 5.41) is 7.28. The van der Waals surface area contributed by atoms with Gasteiger partial charge in [0.05, 0.1) is 6.04 Å². The lowest BCUT2D eigenvalue weighted by atomic mass is 10.1. The first-order valence-corrected chi connectivity index (χ1v) is 7.11. The molecule has 0 saturated heterocycles. The topological polar surface area (TPSA) is 54.3 Å². The van der Waals surface area contributed by atoms with Crippen molar-refractivity contribution in [2.75, 3.05) is 13.1 Å². The minimum Gasteiger partial charge on any atom is -0.459 e. The van der Waals surface area contributed by atoms with Gasteiger partial charge >= 0.3 is 0 Å². The summed E-state index contributed by atoms with van der Waals surface area (Å²) in [5.41, 5.74) is 2.08. The number of furan rings is 1. The fourth-order valence-electron chi connectivity index (χ4n) is 2.39. The van der Waals surface area contributed by atoms with Gasteiger partial charge in [-0.25, -0.2) is 0 Å². The molecule has 0 fully saturated rings. The highest BCUT2D eigenvalue weighted by molar-refractivity contribution is 5.82. The molecule has 0 spiro atoms. The molecular weight excluding hydrogens is 252 g/mol. The van der Waals surface area contributed by atoms with Gasteiger partial charge in [-0.3, -0.25) is 4.79 Å². The Kier molecular flexibility index (Phi) is 4.79. The summed E-state index contributed by atoms with van der Waals surface area (Å²) < 4.78 is 5.90. The average molecular weight is 274 g/mol. The van der Waals surface area contributed by atoms with E-state index in [0.29, 0.717) is 19.5 Å². The molecule has 0 aliphatic rings. The van der Waals surface area contributed by atoms with Gasteiger partial charge in [0, 0.05) is 24.9 Å². The van der Waals surface area contributed by atoms with Crippen LogP contribution in [0.15, 0.2) is 28.7 Å². The van der Waals surface area contributed by atoms with Gasteiger partial charge in [-0.2, -0.15) is 0 Å². The van der Waals surface area contributed by atoms with Crippen LogP contribution in [0.5, 0.6) is 0 Å². The Bertz CT molecular complexity index is 589. The smallest absolute Gasteiger partial charge is 0.221 e. The third-order valence-electron chi connectivity index (χ3n) is 3.45. The van der Waals surface area contributed by atoms with Crippen LogP contribution in [0.1, 0.15) is 37.6 Å². The van der Waals surface area contributed by atoms with Gasteiger partial charge < -0.3 is 15.1 Å². The Morgan fingerprint density at radius 2 is 2.10 bits per heavy atom. The van der Waals surface area contributed by atoms with E-state index >= 15 is 0 Å². The maximum Gasteiger partial charge on any atom is 0.221 e. The average Bonchev–Trinajstić information content (AvgIpc) is 2.77. The molecule has 1 unspecified atom stereocenters. The molecule has 2 aromatic rings. The van der Waals surface area contributed by atoms with Crippen molar-refractivity contribution in [1.29, 1.82) is 0 Å². The Morgan fingerprint density at radius 3 is 2.80 bits per heavy atom. The van der Waals surface area contributed by atoms with Crippen molar-refractivity contribution in [2.24, 2.45) is 0 Å². The van der Waals surface area contributed by atoms with Gasteiger partial charge in [-0.15, -0.1) is 0 Å². The van der Waals surface area contributed by atoms with Crippen LogP contribution in [0, 0.1) is 6.92 Å². The first kappa shape index (κ1) is 14.6. The highest BCUT2D eigenvalue weighted by Gasteiger charge is 2.15. The zero-order valence-corrected chi connectivity index (χ0v) is 12.3. The number of rotatable bonds is 6. The fraction of sp³-hybridized carbons (Fsp3) is 0.438. The number of carbonyl (C=O) groups is 1. The molecule has 108 valence electrons. The van der Waals surface area contributed by atoms with Crippen LogP contribution in [0.3, 0.4) is 0 Å². The van der Waals surface area contributed by atoms with Gasteiger partial charge in [0.2, 0.25) is 5.91 Å². The molecule has 20 heavy (non-hydrogen) atoms. The van der Waals surface area contributed by atoms with E-state index in [9.17, 15) is 4.79 Å². The third kappa shape index (κ3) is 3.20. The normalized spacial score (nSPS) is 12.6.